The topological polar surface area (TPSA) is 27.6 Å². The minimum absolute atomic E-state index is 0.0661. The monoisotopic (exact) mass is 277 g/mol. The number of benzene rings is 1. The highest BCUT2D eigenvalue weighted by Crippen LogP contribution is 2.22. The first-order valence-corrected chi connectivity index (χ1v) is 7.24. The number of nitrogens with zero attached hydrogens (tertiary/aromatic N) is 2. The minimum atomic E-state index is -0.189. The van der Waals surface area contributed by atoms with Crippen molar-refractivity contribution in [2.75, 3.05) is 26.7 Å². The summed E-state index contributed by atoms with van der Waals surface area (Å²) in [4.78, 5) is 6.64. The van der Waals surface area contributed by atoms with Gasteiger partial charge in [0.2, 0.25) is 0 Å². The Kier molecular flexibility index (Phi) is 4.63. The molecule has 2 rings (SSSR count). The molecule has 0 amide bonds. The van der Waals surface area contributed by atoms with Gasteiger partial charge in [0.1, 0.15) is 5.82 Å². The fraction of sp³-hybridized carbons (Fsp3) is 0.562. The van der Waals surface area contributed by atoms with Crippen molar-refractivity contribution in [2.24, 2.45) is 4.99 Å². The van der Waals surface area contributed by atoms with Crippen molar-refractivity contribution in [1.29, 1.82) is 0 Å². The molecule has 0 unspecified atom stereocenters. The van der Waals surface area contributed by atoms with Gasteiger partial charge in [-0.3, -0.25) is 4.99 Å². The number of guanidine groups is 1. The van der Waals surface area contributed by atoms with Crippen molar-refractivity contribution in [2.45, 2.75) is 32.1 Å². The molecule has 4 heteroatoms. The number of likely N-dealkylation sites (tertiary alicyclic amines) is 1. The van der Waals surface area contributed by atoms with Crippen molar-refractivity contribution in [3.8, 4) is 0 Å². The van der Waals surface area contributed by atoms with Gasteiger partial charge in [0.25, 0.3) is 0 Å². The van der Waals surface area contributed by atoms with Gasteiger partial charge < -0.3 is 10.2 Å². The first kappa shape index (κ1) is 14.8. The Bertz CT molecular complexity index is 459. The van der Waals surface area contributed by atoms with Gasteiger partial charge in [-0.1, -0.05) is 26.0 Å². The molecular weight excluding hydrogens is 253 g/mol. The molecule has 0 atom stereocenters. The van der Waals surface area contributed by atoms with Crippen LogP contribution < -0.4 is 5.32 Å². The minimum Gasteiger partial charge on any atom is -0.355 e. The van der Waals surface area contributed by atoms with E-state index < -0.39 is 0 Å². The van der Waals surface area contributed by atoms with E-state index in [1.807, 2.05) is 19.2 Å². The van der Waals surface area contributed by atoms with Crippen LogP contribution in [0.5, 0.6) is 0 Å². The third-order valence-corrected chi connectivity index (χ3v) is 3.93. The lowest BCUT2D eigenvalue weighted by atomic mass is 9.84. The van der Waals surface area contributed by atoms with Crippen LogP contribution in [0.15, 0.2) is 29.3 Å². The summed E-state index contributed by atoms with van der Waals surface area (Å²) in [5.41, 5.74) is 1.06. The molecule has 3 nitrogen and oxygen atoms in total. The second kappa shape index (κ2) is 6.25. The van der Waals surface area contributed by atoms with Crippen molar-refractivity contribution in [3.05, 3.63) is 35.6 Å². The van der Waals surface area contributed by atoms with Gasteiger partial charge in [0, 0.05) is 32.1 Å². The normalized spacial score (nSPS) is 16.6. The van der Waals surface area contributed by atoms with E-state index in [4.69, 9.17) is 0 Å². The predicted octanol–water partition coefficient (Wildman–Crippen LogP) is 2.77. The Balaban J connectivity index is 1.99. The molecule has 0 spiro atoms. The van der Waals surface area contributed by atoms with Gasteiger partial charge >= 0.3 is 0 Å². The lowest BCUT2D eigenvalue weighted by Gasteiger charge is -2.29. The molecule has 1 aliphatic rings. The summed E-state index contributed by atoms with van der Waals surface area (Å²) >= 11 is 0. The third-order valence-electron chi connectivity index (χ3n) is 3.93. The largest absolute Gasteiger partial charge is 0.355 e. The van der Waals surface area contributed by atoms with Gasteiger partial charge in [-0.2, -0.15) is 0 Å². The molecule has 1 aromatic rings. The molecule has 0 aromatic heterocycles. The molecular formula is C16H24FN3. The Morgan fingerprint density at radius 1 is 1.25 bits per heavy atom. The third kappa shape index (κ3) is 3.50. The zero-order valence-corrected chi connectivity index (χ0v) is 12.6. The Hall–Kier alpha value is -1.58. The van der Waals surface area contributed by atoms with Crippen LogP contribution in [0.2, 0.25) is 0 Å². The van der Waals surface area contributed by atoms with Crippen molar-refractivity contribution in [1.82, 2.24) is 10.2 Å². The quantitative estimate of drug-likeness (QED) is 0.679. The van der Waals surface area contributed by atoms with E-state index in [9.17, 15) is 4.39 Å². The van der Waals surface area contributed by atoms with Gasteiger partial charge in [-0.15, -0.1) is 0 Å². The van der Waals surface area contributed by atoms with Crippen LogP contribution in [0.25, 0.3) is 0 Å². The number of aliphatic imine (C=N–C) groups is 1. The van der Waals surface area contributed by atoms with Crippen LogP contribution in [0, 0.1) is 5.82 Å². The van der Waals surface area contributed by atoms with Gasteiger partial charge in [0.05, 0.1) is 0 Å². The standard InChI is InChI=1S/C16H24FN3/c1-16(2,13-6-8-14(17)9-7-13)12-19-15(18-3)20-10-4-5-11-20/h6-9H,4-5,10-12H2,1-3H3,(H,18,19). The van der Waals surface area contributed by atoms with E-state index in [0.29, 0.717) is 0 Å². The van der Waals surface area contributed by atoms with E-state index in [1.54, 1.807) is 0 Å². The molecule has 1 N–H and O–H groups in total. The van der Waals surface area contributed by atoms with Crippen LogP contribution in [-0.4, -0.2) is 37.5 Å². The highest BCUT2D eigenvalue weighted by Gasteiger charge is 2.23. The lowest BCUT2D eigenvalue weighted by Crippen LogP contribution is -2.44. The molecule has 1 aromatic carbocycles. The van der Waals surface area contributed by atoms with Gasteiger partial charge in [0.15, 0.2) is 5.96 Å². The fourth-order valence-corrected chi connectivity index (χ4v) is 2.56. The zero-order chi connectivity index (χ0) is 14.6. The highest BCUT2D eigenvalue weighted by molar-refractivity contribution is 5.80. The number of halogens is 1. The van der Waals surface area contributed by atoms with Crippen molar-refractivity contribution >= 4 is 5.96 Å². The number of nitrogens with one attached hydrogen (secondary N) is 1. The summed E-state index contributed by atoms with van der Waals surface area (Å²) in [5.74, 6) is 0.781. The summed E-state index contributed by atoms with van der Waals surface area (Å²) in [7, 11) is 1.82. The van der Waals surface area contributed by atoms with E-state index in [2.05, 4.69) is 29.1 Å². The van der Waals surface area contributed by atoms with E-state index >= 15 is 0 Å². The van der Waals surface area contributed by atoms with Gasteiger partial charge in [-0.05, 0) is 30.5 Å². The molecule has 0 saturated carbocycles. The maximum Gasteiger partial charge on any atom is 0.193 e. The smallest absolute Gasteiger partial charge is 0.193 e. The molecule has 0 aliphatic carbocycles. The van der Waals surface area contributed by atoms with Crippen LogP contribution in [0.3, 0.4) is 0 Å². The fourth-order valence-electron chi connectivity index (χ4n) is 2.56. The predicted molar refractivity (Wildman–Crippen MR) is 81.6 cm³/mol. The molecule has 1 saturated heterocycles. The maximum absolute atomic E-state index is 13.0. The van der Waals surface area contributed by atoms with Crippen LogP contribution >= 0.6 is 0 Å². The molecule has 20 heavy (non-hydrogen) atoms. The van der Waals surface area contributed by atoms with E-state index in [1.165, 1.54) is 25.0 Å². The van der Waals surface area contributed by atoms with Crippen LogP contribution in [-0.2, 0) is 5.41 Å². The summed E-state index contributed by atoms with van der Waals surface area (Å²) < 4.78 is 13.0. The average molecular weight is 277 g/mol. The molecule has 1 aliphatic heterocycles. The Morgan fingerprint density at radius 2 is 1.85 bits per heavy atom. The Morgan fingerprint density at radius 3 is 2.40 bits per heavy atom. The molecule has 0 bridgehead atoms. The van der Waals surface area contributed by atoms with Crippen molar-refractivity contribution in [3.63, 3.8) is 0 Å². The first-order chi connectivity index (χ1) is 9.53. The number of rotatable bonds is 3. The summed E-state index contributed by atoms with van der Waals surface area (Å²) in [5, 5.41) is 3.45. The molecule has 1 heterocycles. The summed E-state index contributed by atoms with van der Waals surface area (Å²) in [6.07, 6.45) is 2.48. The zero-order valence-electron chi connectivity index (χ0n) is 12.6. The van der Waals surface area contributed by atoms with E-state index in [0.717, 1.165) is 31.2 Å². The van der Waals surface area contributed by atoms with E-state index in [-0.39, 0.29) is 11.2 Å². The highest BCUT2D eigenvalue weighted by atomic mass is 19.1. The molecule has 110 valence electrons. The Labute approximate surface area is 120 Å². The molecule has 1 fully saturated rings. The van der Waals surface area contributed by atoms with Gasteiger partial charge in [-0.25, -0.2) is 4.39 Å². The summed E-state index contributed by atoms with van der Waals surface area (Å²) in [6, 6.07) is 6.75. The molecule has 0 radical (unpaired) electrons. The van der Waals surface area contributed by atoms with Crippen LogP contribution in [0.4, 0.5) is 4.39 Å². The van der Waals surface area contributed by atoms with Crippen molar-refractivity contribution < 1.29 is 4.39 Å². The second-order valence-corrected chi connectivity index (χ2v) is 5.99. The lowest BCUT2D eigenvalue weighted by molar-refractivity contribution is 0.458. The average Bonchev–Trinajstić information content (AvgIpc) is 2.94. The maximum atomic E-state index is 13.0. The van der Waals surface area contributed by atoms with Crippen LogP contribution in [0.1, 0.15) is 32.3 Å². The number of hydrogen-bond acceptors (Lipinski definition) is 1. The first-order valence-electron chi connectivity index (χ1n) is 7.24. The number of hydrogen-bond donors (Lipinski definition) is 1. The second-order valence-electron chi connectivity index (χ2n) is 5.99. The SMILES string of the molecule is CN=C(NCC(C)(C)c1ccc(F)cc1)N1CCCC1. The summed E-state index contributed by atoms with van der Waals surface area (Å²) in [6.45, 7) is 7.25.